The number of anilines is 1. The standard InChI is InChI=1S/C16H24N6OS.C6H11FO/c1-6-12(2)20-14-13(3)21-16(24-11-17-10-19-14)15(23)18-8-7-9-22(4)5;1-5(2)8-4-6(3)7/h6,10-11,20H,1-2,7-9H2,3-5H3,(H,18,23);5H,3-4H2,1-2H3. The number of hydrogen-bond donors (Lipinski definition) is 2. The smallest absolute Gasteiger partial charge is 0.280 e. The first-order valence-corrected chi connectivity index (χ1v) is 10.9. The molecule has 1 amide bonds. The van der Waals surface area contributed by atoms with Gasteiger partial charge in [-0.3, -0.25) is 4.79 Å². The number of ether oxygens (including phenoxy) is 1. The Morgan fingerprint density at radius 1 is 1.38 bits per heavy atom. The Balaban J connectivity index is 0.00000102. The Kier molecular flexibility index (Phi) is 15.5. The normalized spacial score (nSPS) is 10.0. The number of halogens is 1. The van der Waals surface area contributed by atoms with Gasteiger partial charge in [-0.1, -0.05) is 31.1 Å². The molecule has 0 fully saturated rings. The number of nitrogens with zero attached hydrogens (tertiary/aromatic N) is 4. The van der Waals surface area contributed by atoms with E-state index >= 15 is 0 Å². The van der Waals surface area contributed by atoms with E-state index in [1.165, 1.54) is 11.8 Å². The first kappa shape index (κ1) is 29.3. The zero-order valence-corrected chi connectivity index (χ0v) is 20.5. The van der Waals surface area contributed by atoms with Crippen molar-refractivity contribution < 1.29 is 13.9 Å². The van der Waals surface area contributed by atoms with E-state index in [0.29, 0.717) is 28.8 Å². The molecule has 1 aromatic rings. The highest BCUT2D eigenvalue weighted by molar-refractivity contribution is 7.11. The van der Waals surface area contributed by atoms with Crippen LogP contribution >= 0.6 is 11.3 Å². The molecule has 178 valence electrons. The number of carbonyl (C=O) groups is 1. The van der Waals surface area contributed by atoms with E-state index in [4.69, 9.17) is 4.74 Å². The lowest BCUT2D eigenvalue weighted by Gasteiger charge is -2.09. The maximum Gasteiger partial charge on any atom is 0.280 e. The Bertz CT molecular complexity index is 809. The first-order valence-electron chi connectivity index (χ1n) is 10.0. The molecule has 8 nitrogen and oxygen atoms in total. The lowest BCUT2D eigenvalue weighted by atomic mass is 10.4. The SMILES string of the molecule is C=C(F)COC(C)C.C=CC(=C)Nc1ncncsc(C(=O)NCCCN(C)C)nc1C. The number of amides is 1. The average Bonchev–Trinajstić information content (AvgIpc) is 2.81. The quantitative estimate of drug-likeness (QED) is 0.375. The number of hydrogen-bond acceptors (Lipinski definition) is 8. The maximum absolute atomic E-state index is 12.3. The van der Waals surface area contributed by atoms with Gasteiger partial charge >= 0.3 is 0 Å². The minimum Gasteiger partial charge on any atom is -0.372 e. The summed E-state index contributed by atoms with van der Waals surface area (Å²) in [4.78, 5) is 26.9. The predicted molar refractivity (Wildman–Crippen MR) is 130 cm³/mol. The van der Waals surface area contributed by atoms with Gasteiger partial charge in [0.1, 0.15) is 12.2 Å². The third-order valence-corrected chi connectivity index (χ3v) is 4.18. The molecule has 0 bridgehead atoms. The van der Waals surface area contributed by atoms with Crippen LogP contribution in [0, 0.1) is 6.92 Å². The van der Waals surface area contributed by atoms with Crippen molar-refractivity contribution in [1.29, 1.82) is 0 Å². The topological polar surface area (TPSA) is 92.3 Å². The fourth-order valence-corrected chi connectivity index (χ4v) is 2.47. The molecular formula is C22H35FN6O2S. The summed E-state index contributed by atoms with van der Waals surface area (Å²) < 4.78 is 16.6. The van der Waals surface area contributed by atoms with Crippen molar-refractivity contribution in [2.24, 2.45) is 0 Å². The van der Waals surface area contributed by atoms with E-state index in [0.717, 1.165) is 24.3 Å². The van der Waals surface area contributed by atoms with Crippen LogP contribution in [0.15, 0.2) is 49.2 Å². The number of allylic oxidation sites excluding steroid dienone is 1. The molecule has 0 radical (unpaired) electrons. The molecule has 1 heterocycles. The van der Waals surface area contributed by atoms with Crippen LogP contribution in [0.2, 0.25) is 0 Å². The fraction of sp³-hybridized carbons (Fsp3) is 0.455. The molecule has 0 saturated heterocycles. The number of nitrogens with one attached hydrogen (secondary N) is 2. The Hall–Kier alpha value is -2.69. The van der Waals surface area contributed by atoms with Crippen molar-refractivity contribution in [2.45, 2.75) is 33.3 Å². The zero-order valence-electron chi connectivity index (χ0n) is 19.7. The molecule has 0 atom stereocenters. The fourth-order valence-electron chi connectivity index (χ4n) is 1.88. The molecule has 2 N–H and O–H groups in total. The molecule has 0 aliphatic heterocycles. The van der Waals surface area contributed by atoms with Gasteiger partial charge in [-0.05, 0) is 53.9 Å². The van der Waals surface area contributed by atoms with E-state index in [2.05, 4.69) is 50.2 Å². The van der Waals surface area contributed by atoms with Crippen LogP contribution < -0.4 is 10.6 Å². The van der Waals surface area contributed by atoms with Crippen LogP contribution in [0.5, 0.6) is 0 Å². The second kappa shape index (κ2) is 16.9. The molecule has 0 unspecified atom stereocenters. The number of aromatic nitrogens is 3. The summed E-state index contributed by atoms with van der Waals surface area (Å²) in [5.41, 5.74) is 2.67. The molecule has 1 aromatic heterocycles. The summed E-state index contributed by atoms with van der Waals surface area (Å²) >= 11 is 1.15. The maximum atomic E-state index is 12.3. The molecular weight excluding hydrogens is 431 g/mol. The first-order chi connectivity index (χ1) is 15.1. The third-order valence-electron chi connectivity index (χ3n) is 3.45. The molecule has 32 heavy (non-hydrogen) atoms. The van der Waals surface area contributed by atoms with Crippen LogP contribution in [0.25, 0.3) is 0 Å². The molecule has 0 aliphatic rings. The van der Waals surface area contributed by atoms with Crippen LogP contribution in [0.3, 0.4) is 0 Å². The average molecular weight is 467 g/mol. The molecule has 0 saturated carbocycles. The van der Waals surface area contributed by atoms with Gasteiger partial charge in [-0.15, -0.1) is 0 Å². The van der Waals surface area contributed by atoms with Gasteiger partial charge in [0.15, 0.2) is 10.8 Å². The van der Waals surface area contributed by atoms with Gasteiger partial charge in [0.25, 0.3) is 5.91 Å². The molecule has 0 aliphatic carbocycles. The van der Waals surface area contributed by atoms with E-state index < -0.39 is 5.83 Å². The summed E-state index contributed by atoms with van der Waals surface area (Å²) in [5.74, 6) is -0.176. The van der Waals surface area contributed by atoms with Gasteiger partial charge in [0.2, 0.25) is 0 Å². The van der Waals surface area contributed by atoms with Crippen LogP contribution in [-0.4, -0.2) is 65.7 Å². The van der Waals surface area contributed by atoms with Gasteiger partial charge in [0, 0.05) is 12.2 Å². The van der Waals surface area contributed by atoms with Gasteiger partial charge in [0.05, 0.1) is 23.9 Å². The highest BCUT2D eigenvalue weighted by atomic mass is 32.1. The monoisotopic (exact) mass is 466 g/mol. The van der Waals surface area contributed by atoms with Crippen molar-refractivity contribution in [3.05, 3.63) is 59.9 Å². The molecule has 10 heteroatoms. The van der Waals surface area contributed by atoms with Gasteiger partial charge in [-0.2, -0.15) is 0 Å². The van der Waals surface area contributed by atoms with Crippen LogP contribution in [0.1, 0.15) is 35.8 Å². The lowest BCUT2D eigenvalue weighted by Crippen LogP contribution is -2.27. The largest absolute Gasteiger partial charge is 0.372 e. The second-order valence-electron chi connectivity index (χ2n) is 7.11. The molecule has 0 aromatic carbocycles. The number of aryl methyl sites for hydroxylation is 1. The van der Waals surface area contributed by atoms with E-state index in [-0.39, 0.29) is 18.6 Å². The second-order valence-corrected chi connectivity index (χ2v) is 7.95. The summed E-state index contributed by atoms with van der Waals surface area (Å²) in [6.45, 7) is 17.4. The van der Waals surface area contributed by atoms with E-state index in [9.17, 15) is 9.18 Å². The van der Waals surface area contributed by atoms with Crippen molar-refractivity contribution in [2.75, 3.05) is 39.1 Å². The predicted octanol–water partition coefficient (Wildman–Crippen LogP) is 4.05. The van der Waals surface area contributed by atoms with Gasteiger partial charge in [-0.25, -0.2) is 19.3 Å². The van der Waals surface area contributed by atoms with Crippen LogP contribution in [-0.2, 0) is 4.74 Å². The van der Waals surface area contributed by atoms with Crippen molar-refractivity contribution in [3.63, 3.8) is 0 Å². The summed E-state index contributed by atoms with van der Waals surface area (Å²) in [7, 11) is 3.99. The van der Waals surface area contributed by atoms with Crippen molar-refractivity contribution in [1.82, 2.24) is 25.2 Å². The summed E-state index contributed by atoms with van der Waals surface area (Å²) in [6.07, 6.45) is 3.92. The lowest BCUT2D eigenvalue weighted by molar-refractivity contribution is 0.0873. The van der Waals surface area contributed by atoms with Crippen LogP contribution in [0.4, 0.5) is 10.2 Å². The summed E-state index contributed by atoms with van der Waals surface area (Å²) in [6, 6.07) is 0. The summed E-state index contributed by atoms with van der Waals surface area (Å²) in [5, 5.41) is 6.16. The van der Waals surface area contributed by atoms with Crippen molar-refractivity contribution >= 4 is 23.1 Å². The highest BCUT2D eigenvalue weighted by Crippen LogP contribution is 2.10. The molecule has 0 spiro atoms. The van der Waals surface area contributed by atoms with E-state index in [1.54, 1.807) is 13.0 Å². The zero-order chi connectivity index (χ0) is 24.5. The van der Waals surface area contributed by atoms with E-state index in [1.807, 2.05) is 27.9 Å². The van der Waals surface area contributed by atoms with Gasteiger partial charge < -0.3 is 20.3 Å². The third kappa shape index (κ3) is 15.2. The minimum absolute atomic E-state index is 0.0255. The minimum atomic E-state index is -0.418. The Morgan fingerprint density at radius 3 is 2.59 bits per heavy atom. The molecule has 1 rings (SSSR count). The number of rotatable bonds is 11. The van der Waals surface area contributed by atoms with Crippen molar-refractivity contribution in [3.8, 4) is 0 Å². The highest BCUT2D eigenvalue weighted by Gasteiger charge is 2.08. The Morgan fingerprint density at radius 2 is 2.06 bits per heavy atom. The number of carbonyl (C=O) groups excluding carboxylic acids is 1. The Labute approximate surface area is 194 Å².